The van der Waals surface area contributed by atoms with Gasteiger partial charge in [-0.1, -0.05) is 172 Å². The van der Waals surface area contributed by atoms with Crippen LogP contribution in [0.4, 0.5) is 0 Å². The van der Waals surface area contributed by atoms with E-state index in [0.29, 0.717) is 12.8 Å². The van der Waals surface area contributed by atoms with Crippen LogP contribution in [-0.2, 0) is 32.7 Å². The van der Waals surface area contributed by atoms with E-state index in [0.717, 1.165) is 44.9 Å². The monoisotopic (exact) mass is 829 g/mol. The van der Waals surface area contributed by atoms with E-state index >= 15 is 0 Å². The van der Waals surface area contributed by atoms with Gasteiger partial charge in [0.05, 0.1) is 19.8 Å². The van der Waals surface area contributed by atoms with Crippen LogP contribution in [0, 0.1) is 0 Å². The fourth-order valence-electron chi connectivity index (χ4n) is 6.22. The van der Waals surface area contributed by atoms with Gasteiger partial charge in [0.2, 0.25) is 0 Å². The third-order valence-electron chi connectivity index (χ3n) is 9.78. The Morgan fingerprint density at radius 2 is 0.947 bits per heavy atom. The molecule has 0 aliphatic carbocycles. The molecular formula is C46H85O10P. The summed E-state index contributed by atoms with van der Waals surface area (Å²) in [6.45, 7) is 2.33. The molecule has 0 aromatic rings. The Morgan fingerprint density at radius 3 is 1.47 bits per heavy atom. The molecule has 0 fully saturated rings. The maximum absolute atomic E-state index is 12.6. The zero-order valence-corrected chi connectivity index (χ0v) is 37.2. The van der Waals surface area contributed by atoms with Crippen LogP contribution in [0.3, 0.4) is 0 Å². The summed E-state index contributed by atoms with van der Waals surface area (Å²) in [6.07, 6.45) is 44.0. The Hall–Kier alpha value is -1.81. The Morgan fingerprint density at radius 1 is 0.526 bits per heavy atom. The molecule has 11 heteroatoms. The highest BCUT2D eigenvalue weighted by molar-refractivity contribution is 7.47. The molecule has 0 aliphatic heterocycles. The van der Waals surface area contributed by atoms with Crippen molar-refractivity contribution in [3.63, 3.8) is 0 Å². The minimum Gasteiger partial charge on any atom is -0.462 e. The second-order valence-corrected chi connectivity index (χ2v) is 16.9. The van der Waals surface area contributed by atoms with Crippen molar-refractivity contribution >= 4 is 19.8 Å². The second kappa shape index (κ2) is 42.3. The number of aliphatic hydroxyl groups excluding tert-OH is 2. The van der Waals surface area contributed by atoms with E-state index in [4.69, 9.17) is 19.1 Å². The van der Waals surface area contributed by atoms with Crippen molar-refractivity contribution in [3.8, 4) is 0 Å². The van der Waals surface area contributed by atoms with Gasteiger partial charge >= 0.3 is 19.8 Å². The normalized spacial score (nSPS) is 14.1. The summed E-state index contributed by atoms with van der Waals surface area (Å²) >= 11 is 0. The number of allylic oxidation sites excluding steroid dienone is 6. The van der Waals surface area contributed by atoms with Crippen LogP contribution >= 0.6 is 7.82 Å². The van der Waals surface area contributed by atoms with Crippen LogP contribution in [0.5, 0.6) is 0 Å². The van der Waals surface area contributed by atoms with Gasteiger partial charge in [-0.25, -0.2) is 4.57 Å². The molecule has 334 valence electrons. The number of carbonyl (C=O) groups excluding carboxylic acids is 2. The van der Waals surface area contributed by atoms with E-state index in [1.54, 1.807) is 0 Å². The molecular weight excluding hydrogens is 743 g/mol. The van der Waals surface area contributed by atoms with Gasteiger partial charge in [0.1, 0.15) is 12.7 Å². The van der Waals surface area contributed by atoms with Gasteiger partial charge in [-0.3, -0.25) is 18.6 Å². The molecule has 3 N–H and O–H groups in total. The van der Waals surface area contributed by atoms with Gasteiger partial charge in [0, 0.05) is 12.8 Å². The number of hydrogen-bond donors (Lipinski definition) is 3. The van der Waals surface area contributed by atoms with Crippen LogP contribution in [0.25, 0.3) is 0 Å². The highest BCUT2D eigenvalue weighted by atomic mass is 31.2. The van der Waals surface area contributed by atoms with Crippen LogP contribution in [0.1, 0.15) is 206 Å². The molecule has 0 aromatic heterocycles. The average Bonchev–Trinajstić information content (AvgIpc) is 3.20. The van der Waals surface area contributed by atoms with Gasteiger partial charge in [-0.2, -0.15) is 0 Å². The molecule has 10 nitrogen and oxygen atoms in total. The zero-order chi connectivity index (χ0) is 41.9. The first-order chi connectivity index (χ1) is 27.7. The quantitative estimate of drug-likeness (QED) is 0.0235. The number of esters is 2. The fraction of sp³-hybridized carbons (Fsp3) is 0.826. The minimum atomic E-state index is -4.63. The number of aliphatic hydroxyl groups is 2. The molecule has 0 bridgehead atoms. The van der Waals surface area contributed by atoms with E-state index < -0.39 is 51.8 Å². The molecule has 0 aliphatic rings. The molecule has 0 saturated carbocycles. The summed E-state index contributed by atoms with van der Waals surface area (Å²) in [5.41, 5.74) is 0. The topological polar surface area (TPSA) is 149 Å². The highest BCUT2D eigenvalue weighted by Crippen LogP contribution is 2.43. The number of hydrogen-bond acceptors (Lipinski definition) is 9. The van der Waals surface area contributed by atoms with Crippen LogP contribution in [0.2, 0.25) is 0 Å². The van der Waals surface area contributed by atoms with Crippen LogP contribution in [0.15, 0.2) is 36.5 Å². The van der Waals surface area contributed by atoms with Crippen molar-refractivity contribution in [2.24, 2.45) is 0 Å². The van der Waals surface area contributed by atoms with Crippen molar-refractivity contribution < 1.29 is 47.8 Å². The van der Waals surface area contributed by atoms with Gasteiger partial charge in [-0.05, 0) is 57.8 Å². The van der Waals surface area contributed by atoms with E-state index in [1.165, 1.54) is 122 Å². The molecule has 0 amide bonds. The Bertz CT molecular complexity index is 1050. The van der Waals surface area contributed by atoms with E-state index in [2.05, 4.69) is 48.8 Å². The van der Waals surface area contributed by atoms with Crippen molar-refractivity contribution in [3.05, 3.63) is 36.5 Å². The summed E-state index contributed by atoms with van der Waals surface area (Å²) in [7, 11) is -4.63. The standard InChI is InChI=1S/C46H85O10P/c1-3-5-7-9-11-13-15-17-19-20-21-22-24-25-27-29-31-33-35-37-45(49)53-41-44(42-55-57(51,52)54-40-43(48)39-47)56-46(50)38-36-34-32-30-28-26-23-18-16-14-12-10-8-6-4-2/h11,13,17,19,32,34,43-44,47-48H,3-10,12,14-16,18,20-31,33,35-42H2,1-2H3,(H,51,52)/b13-11+,19-17+,34-32+/t43-,44+/m0/s1. The first-order valence-corrected chi connectivity index (χ1v) is 24.4. The molecule has 0 saturated heterocycles. The Kier molecular flexibility index (Phi) is 41.0. The lowest BCUT2D eigenvalue weighted by molar-refractivity contribution is -0.161. The number of ether oxygens (including phenoxy) is 2. The number of rotatable bonds is 43. The van der Waals surface area contributed by atoms with Crippen LogP contribution in [-0.4, -0.2) is 65.7 Å². The third kappa shape index (κ3) is 42.1. The lowest BCUT2D eigenvalue weighted by Crippen LogP contribution is -2.29. The lowest BCUT2D eigenvalue weighted by Gasteiger charge is -2.20. The predicted molar refractivity (Wildman–Crippen MR) is 233 cm³/mol. The van der Waals surface area contributed by atoms with Gasteiger partial charge in [0.25, 0.3) is 0 Å². The fourth-order valence-corrected chi connectivity index (χ4v) is 7.01. The first-order valence-electron chi connectivity index (χ1n) is 22.9. The second-order valence-electron chi connectivity index (χ2n) is 15.4. The smallest absolute Gasteiger partial charge is 0.462 e. The number of carbonyl (C=O) groups is 2. The summed E-state index contributed by atoms with van der Waals surface area (Å²) in [6, 6.07) is 0. The molecule has 3 atom stereocenters. The van der Waals surface area contributed by atoms with Crippen molar-refractivity contribution in [2.75, 3.05) is 26.4 Å². The average molecular weight is 829 g/mol. The SMILES string of the molecule is CCCCC/C=C/C/C=C/CCCCCCCCCCCC(=O)OC[C@H](COP(=O)(O)OC[C@@H](O)CO)OC(=O)CC/C=C/CCCCCCCCCCCCC. The largest absolute Gasteiger partial charge is 0.472 e. The first kappa shape index (κ1) is 55.2. The molecule has 0 radical (unpaired) electrons. The lowest BCUT2D eigenvalue weighted by atomic mass is 10.1. The highest BCUT2D eigenvalue weighted by Gasteiger charge is 2.27. The summed E-state index contributed by atoms with van der Waals surface area (Å²) < 4.78 is 32.7. The van der Waals surface area contributed by atoms with Gasteiger partial charge in [0.15, 0.2) is 6.10 Å². The summed E-state index contributed by atoms with van der Waals surface area (Å²) in [4.78, 5) is 35.0. The number of phosphoric acid groups is 1. The Balaban J connectivity index is 4.27. The molecule has 1 unspecified atom stereocenters. The van der Waals surface area contributed by atoms with Crippen LogP contribution < -0.4 is 0 Å². The minimum absolute atomic E-state index is 0.101. The van der Waals surface area contributed by atoms with E-state index in [9.17, 15) is 24.2 Å². The van der Waals surface area contributed by atoms with Gasteiger partial charge < -0.3 is 24.6 Å². The van der Waals surface area contributed by atoms with Crippen molar-refractivity contribution in [2.45, 2.75) is 219 Å². The third-order valence-corrected chi connectivity index (χ3v) is 10.7. The summed E-state index contributed by atoms with van der Waals surface area (Å²) in [5, 5.41) is 18.3. The van der Waals surface area contributed by atoms with Crippen molar-refractivity contribution in [1.29, 1.82) is 0 Å². The van der Waals surface area contributed by atoms with E-state index in [1.807, 2.05) is 6.08 Å². The molecule has 57 heavy (non-hydrogen) atoms. The van der Waals surface area contributed by atoms with Gasteiger partial charge in [-0.15, -0.1) is 0 Å². The predicted octanol–water partition coefficient (Wildman–Crippen LogP) is 12.3. The Labute approximate surface area is 348 Å². The molecule has 0 rings (SSSR count). The number of phosphoric ester groups is 1. The number of unbranched alkanes of at least 4 members (excludes halogenated alkanes) is 23. The molecule has 0 spiro atoms. The zero-order valence-electron chi connectivity index (χ0n) is 36.3. The van der Waals surface area contributed by atoms with Crippen molar-refractivity contribution in [1.82, 2.24) is 0 Å². The van der Waals surface area contributed by atoms with E-state index in [-0.39, 0.29) is 19.4 Å². The maximum atomic E-state index is 12.6. The molecule has 0 heterocycles. The maximum Gasteiger partial charge on any atom is 0.472 e. The summed E-state index contributed by atoms with van der Waals surface area (Å²) in [5.74, 6) is -0.982. The molecule has 0 aromatic carbocycles.